The molecule has 2 aliphatic heterocycles. The molecule has 2 heterocycles. The number of hydrogen-bond donors (Lipinski definition) is 1. The van der Waals surface area contributed by atoms with Gasteiger partial charge in [0.1, 0.15) is 5.60 Å². The Labute approximate surface area is 160 Å². The number of ether oxygens (including phenoxy) is 2. The number of amides is 1. The van der Waals surface area contributed by atoms with Crippen LogP contribution in [0, 0.1) is 0 Å². The van der Waals surface area contributed by atoms with Gasteiger partial charge in [-0.25, -0.2) is 0 Å². The van der Waals surface area contributed by atoms with E-state index in [2.05, 4.69) is 43.1 Å². The Balaban J connectivity index is 1.40. The van der Waals surface area contributed by atoms with E-state index in [1.54, 1.807) is 0 Å². The van der Waals surface area contributed by atoms with Crippen molar-refractivity contribution in [2.75, 3.05) is 29.9 Å². The molecule has 27 heavy (non-hydrogen) atoms. The van der Waals surface area contributed by atoms with Crippen LogP contribution < -0.4 is 19.7 Å². The van der Waals surface area contributed by atoms with Gasteiger partial charge in [-0.1, -0.05) is 18.2 Å². The fourth-order valence-corrected chi connectivity index (χ4v) is 3.89. The zero-order chi connectivity index (χ0) is 19.0. The quantitative estimate of drug-likeness (QED) is 0.874. The Morgan fingerprint density at radius 2 is 2.11 bits per heavy atom. The van der Waals surface area contributed by atoms with Gasteiger partial charge < -0.3 is 19.7 Å². The van der Waals surface area contributed by atoms with Crippen LogP contribution in [-0.4, -0.2) is 31.2 Å². The zero-order valence-corrected chi connectivity index (χ0v) is 16.2. The maximum Gasteiger partial charge on any atom is 0.262 e. The predicted octanol–water partition coefficient (Wildman–Crippen LogP) is 3.80. The van der Waals surface area contributed by atoms with E-state index in [1.165, 1.54) is 11.3 Å². The van der Waals surface area contributed by atoms with Gasteiger partial charge in [-0.3, -0.25) is 4.79 Å². The second-order valence-electron chi connectivity index (χ2n) is 7.79. The van der Waals surface area contributed by atoms with Gasteiger partial charge in [0.2, 0.25) is 0 Å². The van der Waals surface area contributed by atoms with E-state index < -0.39 is 0 Å². The lowest BCUT2D eigenvalue weighted by Crippen LogP contribution is -2.25. The number of nitrogens with zero attached hydrogens (tertiary/aromatic N) is 1. The standard InChI is InChI=1S/C22H26N2O3/c1-4-24-11-10-15-8-9-17(12-18(15)24)23-20(25)14-26-19-7-5-6-16-13-22(2,3)27-21(16)19/h5-9,12H,4,10-11,13-14H2,1-3H3,(H,23,25). The van der Waals surface area contributed by atoms with Crippen LogP contribution in [0.15, 0.2) is 36.4 Å². The second kappa shape index (κ2) is 6.80. The van der Waals surface area contributed by atoms with Crippen molar-refractivity contribution >= 4 is 17.3 Å². The molecule has 142 valence electrons. The molecule has 2 aromatic carbocycles. The van der Waals surface area contributed by atoms with Crippen molar-refractivity contribution in [3.63, 3.8) is 0 Å². The van der Waals surface area contributed by atoms with Crippen LogP contribution in [0.1, 0.15) is 31.9 Å². The smallest absolute Gasteiger partial charge is 0.262 e. The van der Waals surface area contributed by atoms with Crippen LogP contribution in [0.3, 0.4) is 0 Å². The SMILES string of the molecule is CCN1CCc2ccc(NC(=O)COc3cccc4c3OC(C)(C)C4)cc21. The van der Waals surface area contributed by atoms with Gasteiger partial charge >= 0.3 is 0 Å². The molecule has 1 N–H and O–H groups in total. The Morgan fingerprint density at radius 1 is 1.26 bits per heavy atom. The lowest BCUT2D eigenvalue weighted by Gasteiger charge is -2.18. The summed E-state index contributed by atoms with van der Waals surface area (Å²) >= 11 is 0. The van der Waals surface area contributed by atoms with Gasteiger partial charge in [-0.2, -0.15) is 0 Å². The van der Waals surface area contributed by atoms with E-state index >= 15 is 0 Å². The lowest BCUT2D eigenvalue weighted by atomic mass is 10.0. The molecule has 0 unspecified atom stereocenters. The van der Waals surface area contributed by atoms with Crippen molar-refractivity contribution in [1.29, 1.82) is 0 Å². The Hall–Kier alpha value is -2.69. The van der Waals surface area contributed by atoms with Crippen molar-refractivity contribution < 1.29 is 14.3 Å². The van der Waals surface area contributed by atoms with Crippen molar-refractivity contribution in [2.24, 2.45) is 0 Å². The minimum Gasteiger partial charge on any atom is -0.483 e. The number of carbonyl (C=O) groups is 1. The van der Waals surface area contributed by atoms with Crippen LogP contribution in [0.2, 0.25) is 0 Å². The number of carbonyl (C=O) groups excluding carboxylic acids is 1. The predicted molar refractivity (Wildman–Crippen MR) is 107 cm³/mol. The summed E-state index contributed by atoms with van der Waals surface area (Å²) in [4.78, 5) is 14.7. The Morgan fingerprint density at radius 3 is 2.93 bits per heavy atom. The molecule has 5 nitrogen and oxygen atoms in total. The highest BCUT2D eigenvalue weighted by atomic mass is 16.5. The first kappa shape index (κ1) is 17.7. The molecule has 1 amide bonds. The zero-order valence-electron chi connectivity index (χ0n) is 16.2. The van der Waals surface area contributed by atoms with Crippen LogP contribution in [-0.2, 0) is 17.6 Å². The average molecular weight is 366 g/mol. The van der Waals surface area contributed by atoms with Crippen LogP contribution in [0.4, 0.5) is 11.4 Å². The molecule has 0 bridgehead atoms. The third-order valence-electron chi connectivity index (χ3n) is 5.16. The average Bonchev–Trinajstić information content (AvgIpc) is 3.18. The number of para-hydroxylation sites is 1. The first-order chi connectivity index (χ1) is 12.9. The minimum atomic E-state index is -0.236. The molecule has 0 atom stereocenters. The fraction of sp³-hybridized carbons (Fsp3) is 0.409. The van der Waals surface area contributed by atoms with Crippen molar-refractivity contribution in [1.82, 2.24) is 0 Å². The summed E-state index contributed by atoms with van der Waals surface area (Å²) in [5.41, 5.74) is 4.24. The molecule has 0 saturated carbocycles. The summed E-state index contributed by atoms with van der Waals surface area (Å²) in [5.74, 6) is 1.21. The van der Waals surface area contributed by atoms with E-state index in [0.29, 0.717) is 5.75 Å². The molecule has 2 aromatic rings. The molecule has 5 heteroatoms. The number of anilines is 2. The molecular weight excluding hydrogens is 340 g/mol. The van der Waals surface area contributed by atoms with E-state index in [9.17, 15) is 4.79 Å². The van der Waals surface area contributed by atoms with Gasteiger partial charge in [0.15, 0.2) is 18.1 Å². The van der Waals surface area contributed by atoms with Gasteiger partial charge in [-0.15, -0.1) is 0 Å². The molecule has 0 aliphatic carbocycles. The van der Waals surface area contributed by atoms with E-state index in [4.69, 9.17) is 9.47 Å². The molecule has 0 spiro atoms. The highest BCUT2D eigenvalue weighted by Crippen LogP contribution is 2.41. The number of fused-ring (bicyclic) bond motifs is 2. The van der Waals surface area contributed by atoms with Gasteiger partial charge in [0.05, 0.1) is 0 Å². The Kier molecular flexibility index (Phi) is 4.46. The largest absolute Gasteiger partial charge is 0.483 e. The van der Waals surface area contributed by atoms with Crippen molar-refractivity contribution in [3.8, 4) is 11.5 Å². The third kappa shape index (κ3) is 3.59. The normalized spacial score (nSPS) is 16.5. The summed E-state index contributed by atoms with van der Waals surface area (Å²) in [7, 11) is 0. The van der Waals surface area contributed by atoms with E-state index in [-0.39, 0.29) is 18.1 Å². The second-order valence-corrected chi connectivity index (χ2v) is 7.79. The van der Waals surface area contributed by atoms with E-state index in [1.807, 2.05) is 24.3 Å². The van der Waals surface area contributed by atoms with Crippen LogP contribution in [0.5, 0.6) is 11.5 Å². The monoisotopic (exact) mass is 366 g/mol. The number of nitrogens with one attached hydrogen (secondary N) is 1. The lowest BCUT2D eigenvalue weighted by molar-refractivity contribution is -0.118. The van der Waals surface area contributed by atoms with Gasteiger partial charge in [-0.05, 0) is 51.0 Å². The molecule has 2 aliphatic rings. The van der Waals surface area contributed by atoms with Crippen molar-refractivity contribution in [3.05, 3.63) is 47.5 Å². The third-order valence-corrected chi connectivity index (χ3v) is 5.16. The highest BCUT2D eigenvalue weighted by molar-refractivity contribution is 5.92. The van der Waals surface area contributed by atoms with Crippen molar-refractivity contribution in [2.45, 2.75) is 39.2 Å². The molecular formula is C22H26N2O3. The number of likely N-dealkylation sites (N-methyl/N-ethyl adjacent to an activating group) is 1. The fourth-order valence-electron chi connectivity index (χ4n) is 3.89. The van der Waals surface area contributed by atoms with Gasteiger partial charge in [0, 0.05) is 36.4 Å². The van der Waals surface area contributed by atoms with Crippen LogP contribution >= 0.6 is 0 Å². The molecule has 0 fully saturated rings. The number of hydrogen-bond acceptors (Lipinski definition) is 4. The summed E-state index contributed by atoms with van der Waals surface area (Å²) in [6.45, 7) is 8.23. The highest BCUT2D eigenvalue weighted by Gasteiger charge is 2.32. The number of benzene rings is 2. The molecule has 0 saturated heterocycles. The summed E-state index contributed by atoms with van der Waals surface area (Å²) in [6, 6.07) is 11.9. The maximum atomic E-state index is 12.4. The molecule has 4 rings (SSSR count). The maximum absolute atomic E-state index is 12.4. The van der Waals surface area contributed by atoms with Crippen LogP contribution in [0.25, 0.3) is 0 Å². The summed E-state index contributed by atoms with van der Waals surface area (Å²) in [6.07, 6.45) is 1.91. The van der Waals surface area contributed by atoms with Gasteiger partial charge in [0.25, 0.3) is 5.91 Å². The summed E-state index contributed by atoms with van der Waals surface area (Å²) in [5, 5.41) is 2.94. The number of rotatable bonds is 5. The Bertz CT molecular complexity index is 876. The first-order valence-corrected chi connectivity index (χ1v) is 9.56. The minimum absolute atomic E-state index is 0.0468. The summed E-state index contributed by atoms with van der Waals surface area (Å²) < 4.78 is 11.8. The molecule has 0 aromatic heterocycles. The van der Waals surface area contributed by atoms with E-state index in [0.717, 1.165) is 42.9 Å². The molecule has 0 radical (unpaired) electrons. The topological polar surface area (TPSA) is 50.8 Å². The first-order valence-electron chi connectivity index (χ1n) is 9.56.